The smallest absolute Gasteiger partial charge is 0.0967 e. The maximum absolute atomic E-state index is 9.01. The van der Waals surface area contributed by atoms with Crippen LogP contribution in [0.1, 0.15) is 27.2 Å². The normalized spacial score (nSPS) is 24.3. The third-order valence-corrected chi connectivity index (χ3v) is 2.90. The first-order chi connectivity index (χ1) is 7.63. The van der Waals surface area contributed by atoms with Crippen LogP contribution < -0.4 is 5.32 Å². The lowest BCUT2D eigenvalue weighted by Crippen LogP contribution is -2.46. The molecular weight excluding hydrogens is 202 g/mol. The van der Waals surface area contributed by atoms with Crippen molar-refractivity contribution in [2.24, 2.45) is 0 Å². The minimum absolute atomic E-state index is 0.0324. The quantitative estimate of drug-likeness (QED) is 0.758. The molecule has 0 radical (unpaired) electrons. The summed E-state index contributed by atoms with van der Waals surface area (Å²) in [4.78, 5) is 2.40. The minimum Gasteiger partial charge on any atom is -0.379 e. The van der Waals surface area contributed by atoms with Crippen LogP contribution >= 0.6 is 0 Å². The van der Waals surface area contributed by atoms with E-state index in [9.17, 15) is 0 Å². The molecule has 0 aromatic carbocycles. The lowest BCUT2D eigenvalue weighted by Gasteiger charge is -2.33. The molecule has 16 heavy (non-hydrogen) atoms. The molecule has 4 heteroatoms. The van der Waals surface area contributed by atoms with Crippen LogP contribution in [0.5, 0.6) is 0 Å². The molecule has 2 atom stereocenters. The van der Waals surface area contributed by atoms with E-state index in [1.165, 1.54) is 0 Å². The van der Waals surface area contributed by atoms with Crippen molar-refractivity contribution in [1.29, 1.82) is 5.26 Å². The molecule has 0 saturated carbocycles. The summed E-state index contributed by atoms with van der Waals surface area (Å²) in [6.45, 7) is 9.91. The van der Waals surface area contributed by atoms with Gasteiger partial charge in [0.15, 0.2) is 0 Å². The van der Waals surface area contributed by atoms with E-state index in [2.05, 4.69) is 37.1 Å². The summed E-state index contributed by atoms with van der Waals surface area (Å²) in [6.07, 6.45) is 0.888. The van der Waals surface area contributed by atoms with Crippen LogP contribution in [0.25, 0.3) is 0 Å². The zero-order valence-corrected chi connectivity index (χ0v) is 10.6. The van der Waals surface area contributed by atoms with Crippen molar-refractivity contribution < 1.29 is 4.74 Å². The van der Waals surface area contributed by atoms with E-state index in [1.54, 1.807) is 0 Å². The summed E-state index contributed by atoms with van der Waals surface area (Å²) < 4.78 is 5.39. The number of hydrogen-bond donors (Lipinski definition) is 1. The second-order valence-corrected chi connectivity index (χ2v) is 4.75. The van der Waals surface area contributed by atoms with E-state index < -0.39 is 0 Å². The molecule has 1 aliphatic rings. The van der Waals surface area contributed by atoms with Crippen LogP contribution in [0.15, 0.2) is 0 Å². The van der Waals surface area contributed by atoms with E-state index >= 15 is 0 Å². The Morgan fingerprint density at radius 3 is 2.88 bits per heavy atom. The number of nitrogens with one attached hydrogen (secondary N) is 1. The highest BCUT2D eigenvalue weighted by Gasteiger charge is 2.19. The number of morpholine rings is 1. The third kappa shape index (κ3) is 4.48. The SMILES string of the molecule is CC(C)NC(C#N)CCN1CCOCC1C. The van der Waals surface area contributed by atoms with E-state index in [-0.39, 0.29) is 6.04 Å². The fourth-order valence-corrected chi connectivity index (χ4v) is 1.98. The van der Waals surface area contributed by atoms with Gasteiger partial charge in [0, 0.05) is 25.2 Å². The van der Waals surface area contributed by atoms with Gasteiger partial charge in [-0.25, -0.2) is 0 Å². The highest BCUT2D eigenvalue weighted by atomic mass is 16.5. The van der Waals surface area contributed by atoms with E-state index in [0.29, 0.717) is 12.1 Å². The topological polar surface area (TPSA) is 48.3 Å². The maximum atomic E-state index is 9.01. The van der Waals surface area contributed by atoms with Crippen molar-refractivity contribution in [2.75, 3.05) is 26.3 Å². The molecule has 92 valence electrons. The Kier molecular flexibility index (Phi) is 5.75. The number of rotatable bonds is 5. The standard InChI is InChI=1S/C12H23N3O/c1-10(2)14-12(8-13)4-5-15-6-7-16-9-11(15)3/h10-12,14H,4-7,9H2,1-3H3. The molecule has 1 heterocycles. The fourth-order valence-electron chi connectivity index (χ4n) is 1.98. The Morgan fingerprint density at radius 2 is 2.31 bits per heavy atom. The average Bonchev–Trinajstić information content (AvgIpc) is 2.25. The second kappa shape index (κ2) is 6.85. The molecule has 1 aliphatic heterocycles. The van der Waals surface area contributed by atoms with Gasteiger partial charge < -0.3 is 4.74 Å². The van der Waals surface area contributed by atoms with E-state index in [0.717, 1.165) is 32.7 Å². The van der Waals surface area contributed by atoms with Crippen LogP contribution in [-0.4, -0.2) is 49.3 Å². The summed E-state index contributed by atoms with van der Waals surface area (Å²) in [5.41, 5.74) is 0. The number of nitriles is 1. The summed E-state index contributed by atoms with van der Waals surface area (Å²) in [7, 11) is 0. The van der Waals surface area contributed by atoms with Crippen LogP contribution in [-0.2, 0) is 4.74 Å². The molecule has 0 aromatic heterocycles. The first-order valence-corrected chi connectivity index (χ1v) is 6.11. The van der Waals surface area contributed by atoms with Crippen LogP contribution in [0.3, 0.4) is 0 Å². The predicted octanol–water partition coefficient (Wildman–Crippen LogP) is 0.987. The van der Waals surface area contributed by atoms with E-state index in [1.807, 2.05) is 0 Å². The Balaban J connectivity index is 2.28. The number of hydrogen-bond acceptors (Lipinski definition) is 4. The molecule has 0 amide bonds. The van der Waals surface area contributed by atoms with Crippen molar-refractivity contribution >= 4 is 0 Å². The lowest BCUT2D eigenvalue weighted by molar-refractivity contribution is -0.00128. The van der Waals surface area contributed by atoms with Gasteiger partial charge in [-0.1, -0.05) is 0 Å². The van der Waals surface area contributed by atoms with Gasteiger partial charge in [0.1, 0.15) is 0 Å². The molecule has 2 unspecified atom stereocenters. The molecule has 1 N–H and O–H groups in total. The average molecular weight is 225 g/mol. The Hall–Kier alpha value is -0.630. The Bertz CT molecular complexity index is 237. The largest absolute Gasteiger partial charge is 0.379 e. The van der Waals surface area contributed by atoms with Crippen molar-refractivity contribution in [3.8, 4) is 6.07 Å². The summed E-state index contributed by atoms with van der Waals surface area (Å²) in [6, 6.07) is 3.13. The Labute approximate surface area is 98.6 Å². The first kappa shape index (κ1) is 13.4. The Morgan fingerprint density at radius 1 is 1.56 bits per heavy atom. The molecule has 1 fully saturated rings. The van der Waals surface area contributed by atoms with Crippen LogP contribution in [0, 0.1) is 11.3 Å². The summed E-state index contributed by atoms with van der Waals surface area (Å²) in [5, 5.41) is 12.3. The predicted molar refractivity (Wildman–Crippen MR) is 64.1 cm³/mol. The molecule has 0 spiro atoms. The van der Waals surface area contributed by atoms with Gasteiger partial charge in [-0.3, -0.25) is 10.2 Å². The zero-order valence-electron chi connectivity index (χ0n) is 10.6. The molecule has 1 rings (SSSR count). The fraction of sp³-hybridized carbons (Fsp3) is 0.917. The summed E-state index contributed by atoms with van der Waals surface area (Å²) >= 11 is 0. The van der Waals surface area contributed by atoms with Crippen molar-refractivity contribution in [2.45, 2.75) is 45.3 Å². The van der Waals surface area contributed by atoms with Gasteiger partial charge in [0.05, 0.1) is 25.3 Å². The van der Waals surface area contributed by atoms with Gasteiger partial charge >= 0.3 is 0 Å². The maximum Gasteiger partial charge on any atom is 0.0967 e. The van der Waals surface area contributed by atoms with Crippen LogP contribution in [0.2, 0.25) is 0 Å². The van der Waals surface area contributed by atoms with Crippen molar-refractivity contribution in [1.82, 2.24) is 10.2 Å². The van der Waals surface area contributed by atoms with Gasteiger partial charge in [0.25, 0.3) is 0 Å². The second-order valence-electron chi connectivity index (χ2n) is 4.75. The molecule has 0 aliphatic carbocycles. The van der Waals surface area contributed by atoms with Gasteiger partial charge in [-0.15, -0.1) is 0 Å². The molecule has 0 bridgehead atoms. The number of ether oxygens (including phenoxy) is 1. The first-order valence-electron chi connectivity index (χ1n) is 6.11. The van der Waals surface area contributed by atoms with Crippen LogP contribution in [0.4, 0.5) is 0 Å². The molecule has 1 saturated heterocycles. The highest BCUT2D eigenvalue weighted by molar-refractivity contribution is 4.91. The van der Waals surface area contributed by atoms with Crippen molar-refractivity contribution in [3.63, 3.8) is 0 Å². The molecular formula is C12H23N3O. The van der Waals surface area contributed by atoms with Gasteiger partial charge in [0.2, 0.25) is 0 Å². The zero-order chi connectivity index (χ0) is 12.0. The highest BCUT2D eigenvalue weighted by Crippen LogP contribution is 2.07. The minimum atomic E-state index is -0.0324. The summed E-state index contributed by atoms with van der Waals surface area (Å²) in [5.74, 6) is 0. The monoisotopic (exact) mass is 225 g/mol. The van der Waals surface area contributed by atoms with Gasteiger partial charge in [-0.05, 0) is 27.2 Å². The molecule has 4 nitrogen and oxygen atoms in total. The van der Waals surface area contributed by atoms with Crippen molar-refractivity contribution in [3.05, 3.63) is 0 Å². The molecule has 0 aromatic rings. The lowest BCUT2D eigenvalue weighted by atomic mass is 10.1. The third-order valence-electron chi connectivity index (χ3n) is 2.90. The number of nitrogens with zero attached hydrogens (tertiary/aromatic N) is 2. The van der Waals surface area contributed by atoms with E-state index in [4.69, 9.17) is 10.00 Å². The van der Waals surface area contributed by atoms with Gasteiger partial charge in [-0.2, -0.15) is 5.26 Å².